The van der Waals surface area contributed by atoms with Crippen LogP contribution in [0.4, 0.5) is 8.78 Å². The minimum atomic E-state index is -1.01. The number of quaternary nitrogens is 1. The molecular formula is C31H51BrClF2NO. The number of allylic oxidation sites excluding steroid dienone is 2. The second-order valence-corrected chi connectivity index (χ2v) is 11.2. The van der Waals surface area contributed by atoms with E-state index in [1.165, 1.54) is 82.0 Å². The van der Waals surface area contributed by atoms with Crippen LogP contribution in [0.2, 0.25) is 5.02 Å². The van der Waals surface area contributed by atoms with Crippen molar-refractivity contribution in [2.45, 2.75) is 98.3 Å². The SMILES string of the molecule is CCCC[N+](CCCC)(CCCC)CCCC.O=CC1=C(c2ccc(Cl)cc2)CCC(CF)(CF)C1.[Br-]. The Balaban J connectivity index is 0.000000688. The van der Waals surface area contributed by atoms with Crippen molar-refractivity contribution in [3.05, 3.63) is 40.4 Å². The number of rotatable bonds is 16. The number of hydrogen-bond donors (Lipinski definition) is 0. The summed E-state index contributed by atoms with van der Waals surface area (Å²) < 4.78 is 27.5. The predicted molar refractivity (Wildman–Crippen MR) is 152 cm³/mol. The number of hydrogen-bond acceptors (Lipinski definition) is 1. The molecule has 0 heterocycles. The summed E-state index contributed by atoms with van der Waals surface area (Å²) in [4.78, 5) is 11.2. The highest BCUT2D eigenvalue weighted by atomic mass is 79.9. The van der Waals surface area contributed by atoms with Crippen LogP contribution in [-0.2, 0) is 4.79 Å². The lowest BCUT2D eigenvalue weighted by Gasteiger charge is -2.39. The Morgan fingerprint density at radius 3 is 1.62 bits per heavy atom. The summed E-state index contributed by atoms with van der Waals surface area (Å²) in [5.74, 6) is 0. The largest absolute Gasteiger partial charge is 1.00 e. The van der Waals surface area contributed by atoms with E-state index in [2.05, 4.69) is 27.7 Å². The van der Waals surface area contributed by atoms with E-state index in [1.54, 1.807) is 12.1 Å². The van der Waals surface area contributed by atoms with Crippen LogP contribution >= 0.6 is 11.6 Å². The van der Waals surface area contributed by atoms with E-state index in [4.69, 9.17) is 11.6 Å². The molecule has 6 heteroatoms. The lowest BCUT2D eigenvalue weighted by Crippen LogP contribution is -3.00. The fourth-order valence-corrected chi connectivity index (χ4v) is 5.28. The highest BCUT2D eigenvalue weighted by Crippen LogP contribution is 2.43. The summed E-state index contributed by atoms with van der Waals surface area (Å²) in [6, 6.07) is 7.16. The number of alkyl halides is 2. The third-order valence-electron chi connectivity index (χ3n) is 7.70. The number of aldehydes is 1. The normalized spacial score (nSPS) is 15.0. The van der Waals surface area contributed by atoms with Gasteiger partial charge >= 0.3 is 0 Å². The lowest BCUT2D eigenvalue weighted by molar-refractivity contribution is -0.929. The first-order valence-corrected chi connectivity index (χ1v) is 14.7. The zero-order valence-electron chi connectivity index (χ0n) is 23.8. The molecule has 0 fully saturated rings. The molecule has 2 rings (SSSR count). The van der Waals surface area contributed by atoms with Gasteiger partial charge in [0.25, 0.3) is 0 Å². The van der Waals surface area contributed by atoms with E-state index in [1.807, 2.05) is 12.1 Å². The summed E-state index contributed by atoms with van der Waals surface area (Å²) in [7, 11) is 0. The van der Waals surface area contributed by atoms with Crippen LogP contribution in [0.25, 0.3) is 5.57 Å². The Morgan fingerprint density at radius 2 is 1.27 bits per heavy atom. The van der Waals surface area contributed by atoms with Crippen LogP contribution in [0.15, 0.2) is 29.8 Å². The van der Waals surface area contributed by atoms with Crippen LogP contribution < -0.4 is 17.0 Å². The molecule has 1 aliphatic rings. The molecule has 37 heavy (non-hydrogen) atoms. The first-order valence-electron chi connectivity index (χ1n) is 14.3. The van der Waals surface area contributed by atoms with Crippen molar-refractivity contribution in [3.8, 4) is 0 Å². The van der Waals surface area contributed by atoms with Gasteiger partial charge in [0.15, 0.2) is 0 Å². The Bertz CT molecular complexity index is 727. The standard InChI is InChI=1S/C16H36N.C15H15ClF2O.BrH/c1-5-9-13-17(14-10-6-2,15-11-7-3)16-12-8-4;16-13-3-1-11(2-4-13)14-5-6-15(9-17,10-18)7-12(14)8-19;/h5-16H2,1-4H3;1-4,8H,5-7,9-10H2;1H/q+1;;/p-1. The molecule has 1 aliphatic carbocycles. The van der Waals surface area contributed by atoms with Crippen molar-refractivity contribution in [1.29, 1.82) is 0 Å². The third-order valence-corrected chi connectivity index (χ3v) is 7.96. The minimum Gasteiger partial charge on any atom is -1.00 e. The highest BCUT2D eigenvalue weighted by Gasteiger charge is 2.36. The number of carbonyl (C=O) groups excluding carboxylic acids is 1. The molecule has 0 unspecified atom stereocenters. The van der Waals surface area contributed by atoms with Crippen LogP contribution in [0, 0.1) is 5.41 Å². The molecule has 214 valence electrons. The van der Waals surface area contributed by atoms with Gasteiger partial charge in [-0.3, -0.25) is 13.6 Å². The molecule has 0 saturated heterocycles. The Labute approximate surface area is 241 Å². The average Bonchev–Trinajstić information content (AvgIpc) is 2.92. The monoisotopic (exact) mass is 605 g/mol. The summed E-state index contributed by atoms with van der Waals surface area (Å²) in [6.45, 7) is 13.6. The Kier molecular flexibility index (Phi) is 19.7. The Morgan fingerprint density at radius 1 is 0.838 bits per heavy atom. The van der Waals surface area contributed by atoms with Crippen LogP contribution in [0.1, 0.15) is 104 Å². The van der Waals surface area contributed by atoms with Crippen molar-refractivity contribution in [3.63, 3.8) is 0 Å². The quantitative estimate of drug-likeness (QED) is 0.157. The summed E-state index contributed by atoms with van der Waals surface area (Å²) in [5, 5.41) is 0.620. The maximum atomic E-state index is 13.0. The molecule has 0 saturated carbocycles. The third kappa shape index (κ3) is 12.3. The van der Waals surface area contributed by atoms with Gasteiger partial charge in [-0.2, -0.15) is 0 Å². The zero-order chi connectivity index (χ0) is 26.9. The van der Waals surface area contributed by atoms with Gasteiger partial charge in [-0.05, 0) is 73.8 Å². The van der Waals surface area contributed by atoms with Gasteiger partial charge in [0.1, 0.15) is 6.29 Å². The molecule has 0 amide bonds. The molecule has 1 aromatic carbocycles. The number of halogens is 4. The summed E-state index contributed by atoms with van der Waals surface area (Å²) in [6.07, 6.45) is 12.9. The topological polar surface area (TPSA) is 17.1 Å². The van der Waals surface area contributed by atoms with E-state index < -0.39 is 18.8 Å². The lowest BCUT2D eigenvalue weighted by atomic mass is 9.72. The molecule has 2 nitrogen and oxygen atoms in total. The van der Waals surface area contributed by atoms with Gasteiger partial charge in [-0.25, -0.2) is 0 Å². The van der Waals surface area contributed by atoms with Gasteiger partial charge in [-0.15, -0.1) is 0 Å². The van der Waals surface area contributed by atoms with Crippen molar-refractivity contribution in [1.82, 2.24) is 0 Å². The minimum absolute atomic E-state index is 0. The van der Waals surface area contributed by atoms with E-state index in [0.29, 0.717) is 23.4 Å². The van der Waals surface area contributed by atoms with E-state index in [9.17, 15) is 13.6 Å². The van der Waals surface area contributed by atoms with E-state index in [-0.39, 0.29) is 23.4 Å². The maximum absolute atomic E-state index is 13.0. The second-order valence-electron chi connectivity index (χ2n) is 10.7. The van der Waals surface area contributed by atoms with Crippen molar-refractivity contribution in [2.24, 2.45) is 5.41 Å². The van der Waals surface area contributed by atoms with Crippen molar-refractivity contribution >= 4 is 23.5 Å². The highest BCUT2D eigenvalue weighted by molar-refractivity contribution is 6.30. The molecular weight excluding hydrogens is 556 g/mol. The predicted octanol–water partition coefficient (Wildman–Crippen LogP) is 6.41. The molecule has 0 aliphatic heterocycles. The van der Waals surface area contributed by atoms with Gasteiger partial charge in [-0.1, -0.05) is 77.1 Å². The fourth-order valence-electron chi connectivity index (χ4n) is 5.15. The molecule has 0 radical (unpaired) electrons. The van der Waals surface area contributed by atoms with Gasteiger partial charge in [0.05, 0.1) is 39.5 Å². The number of nitrogens with zero attached hydrogens (tertiary/aromatic N) is 1. The molecule has 0 spiro atoms. The van der Waals surface area contributed by atoms with Gasteiger partial charge in [0.2, 0.25) is 0 Å². The van der Waals surface area contributed by atoms with Crippen LogP contribution in [0.3, 0.4) is 0 Å². The summed E-state index contributed by atoms with van der Waals surface area (Å²) >= 11 is 5.83. The molecule has 0 atom stereocenters. The average molecular weight is 607 g/mol. The van der Waals surface area contributed by atoms with Crippen LogP contribution in [-0.4, -0.2) is 50.3 Å². The molecule has 0 bridgehead atoms. The van der Waals surface area contributed by atoms with Gasteiger partial charge in [0, 0.05) is 10.4 Å². The molecule has 1 aromatic rings. The second kappa shape index (κ2) is 20.2. The smallest absolute Gasteiger partial charge is 0.146 e. The molecule has 0 aromatic heterocycles. The van der Waals surface area contributed by atoms with E-state index in [0.717, 1.165) is 17.4 Å². The maximum Gasteiger partial charge on any atom is 0.146 e. The van der Waals surface area contributed by atoms with Gasteiger partial charge < -0.3 is 21.5 Å². The Hall–Kier alpha value is -0.780. The van der Waals surface area contributed by atoms with Crippen LogP contribution in [0.5, 0.6) is 0 Å². The fraction of sp³-hybridized carbons (Fsp3) is 0.710. The zero-order valence-corrected chi connectivity index (χ0v) is 26.1. The number of benzene rings is 1. The van der Waals surface area contributed by atoms with Crippen molar-refractivity contribution in [2.75, 3.05) is 39.5 Å². The summed E-state index contributed by atoms with van der Waals surface area (Å²) in [5.41, 5.74) is 1.28. The first-order chi connectivity index (χ1) is 17.4. The van der Waals surface area contributed by atoms with E-state index >= 15 is 0 Å². The molecule has 0 N–H and O–H groups in total. The number of unbranched alkanes of at least 4 members (excludes halogenated alkanes) is 4. The first kappa shape index (κ1) is 36.2. The number of carbonyl (C=O) groups is 1. The van der Waals surface area contributed by atoms with Crippen molar-refractivity contribution < 1.29 is 35.0 Å².